The molecule has 0 aromatic carbocycles. The molecular formula is C19H29NO7. The first kappa shape index (κ1) is 21.7. The van der Waals surface area contributed by atoms with Gasteiger partial charge in [-0.05, 0) is 0 Å². The van der Waals surface area contributed by atoms with E-state index in [1.54, 1.807) is 6.08 Å². The number of aromatic amines is 1. The number of H-pyrrole nitrogens is 1. The molecule has 1 aromatic heterocycles. The Labute approximate surface area is 159 Å². The largest absolute Gasteiger partial charge is 0.377 e. The van der Waals surface area contributed by atoms with Gasteiger partial charge in [0.1, 0.15) is 6.10 Å². The van der Waals surface area contributed by atoms with Gasteiger partial charge < -0.3 is 33.4 Å². The monoisotopic (exact) mass is 383 g/mol. The Morgan fingerprint density at radius 2 is 1.63 bits per heavy atom. The summed E-state index contributed by atoms with van der Waals surface area (Å²) >= 11 is 0. The van der Waals surface area contributed by atoms with Gasteiger partial charge in [0.05, 0.1) is 72.7 Å². The first-order valence-corrected chi connectivity index (χ1v) is 9.11. The highest BCUT2D eigenvalue weighted by Crippen LogP contribution is 2.01. The van der Waals surface area contributed by atoms with Crippen molar-refractivity contribution < 1.29 is 28.4 Å². The van der Waals surface area contributed by atoms with Crippen molar-refractivity contribution >= 4 is 0 Å². The lowest BCUT2D eigenvalue weighted by molar-refractivity contribution is -0.0784. The van der Waals surface area contributed by atoms with Gasteiger partial charge in [0, 0.05) is 23.5 Å². The summed E-state index contributed by atoms with van der Waals surface area (Å²) in [6, 6.07) is 3.04. The Morgan fingerprint density at radius 3 is 2.33 bits per heavy atom. The Hall–Kier alpha value is -1.55. The number of rotatable bonds is 4. The normalized spacial score (nSPS) is 21.1. The van der Waals surface area contributed by atoms with Crippen LogP contribution in [0.25, 0.3) is 0 Å². The van der Waals surface area contributed by atoms with E-state index in [0.29, 0.717) is 84.1 Å². The van der Waals surface area contributed by atoms with E-state index in [1.165, 1.54) is 12.1 Å². The molecule has 2 rings (SSSR count). The topological polar surface area (TPSA) is 88.2 Å². The molecule has 1 unspecified atom stereocenters. The highest BCUT2D eigenvalue weighted by Gasteiger charge is 2.10. The molecule has 1 aliphatic rings. The molecule has 0 saturated carbocycles. The van der Waals surface area contributed by atoms with Gasteiger partial charge in [-0.2, -0.15) is 0 Å². The summed E-state index contributed by atoms with van der Waals surface area (Å²) in [5.74, 6) is 0. The molecule has 8 heteroatoms. The molecule has 8 nitrogen and oxygen atoms in total. The molecule has 0 aliphatic carbocycles. The Kier molecular flexibility index (Phi) is 10.9. The van der Waals surface area contributed by atoms with Crippen molar-refractivity contribution in [3.8, 4) is 0 Å². The second-order valence-corrected chi connectivity index (χ2v) is 5.98. The van der Waals surface area contributed by atoms with Crippen molar-refractivity contribution in [2.45, 2.75) is 19.3 Å². The van der Waals surface area contributed by atoms with Crippen LogP contribution >= 0.6 is 0 Å². The fourth-order valence-corrected chi connectivity index (χ4v) is 2.44. The molecule has 2 bridgehead atoms. The van der Waals surface area contributed by atoms with Gasteiger partial charge in [0.25, 0.3) is 0 Å². The minimum atomic E-state index is -0.195. The number of fused-ring (bicyclic) bond motifs is 2. The summed E-state index contributed by atoms with van der Waals surface area (Å²) in [4.78, 5) is 14.9. The van der Waals surface area contributed by atoms with Gasteiger partial charge in [-0.1, -0.05) is 6.08 Å². The van der Waals surface area contributed by atoms with Crippen molar-refractivity contribution in [2.24, 2.45) is 0 Å². The van der Waals surface area contributed by atoms with Crippen LogP contribution in [0.1, 0.15) is 11.4 Å². The maximum absolute atomic E-state index is 11.8. The second-order valence-electron chi connectivity index (χ2n) is 5.98. The molecule has 1 N–H and O–H groups in total. The molecule has 27 heavy (non-hydrogen) atoms. The summed E-state index contributed by atoms with van der Waals surface area (Å²) in [5, 5.41) is 0. The SMILES string of the molecule is C=CCOCC1COCCOCCOCc2cc(=O)cc([nH]2)COCCO1. The van der Waals surface area contributed by atoms with Crippen LogP contribution in [-0.2, 0) is 41.6 Å². The zero-order chi connectivity index (χ0) is 19.2. The number of hydrogen-bond donors (Lipinski definition) is 1. The maximum atomic E-state index is 11.8. The van der Waals surface area contributed by atoms with Crippen molar-refractivity contribution in [3.05, 3.63) is 46.4 Å². The average molecular weight is 383 g/mol. The van der Waals surface area contributed by atoms with Crippen molar-refractivity contribution in [3.63, 3.8) is 0 Å². The summed E-state index contributed by atoms with van der Waals surface area (Å²) in [6.07, 6.45) is 1.49. The van der Waals surface area contributed by atoms with Crippen LogP contribution in [-0.4, -0.2) is 70.5 Å². The lowest BCUT2D eigenvalue weighted by atomic mass is 10.3. The third-order valence-electron chi connectivity index (χ3n) is 3.64. The van der Waals surface area contributed by atoms with E-state index in [9.17, 15) is 4.79 Å². The van der Waals surface area contributed by atoms with Gasteiger partial charge in [-0.3, -0.25) is 4.79 Å². The third kappa shape index (κ3) is 9.81. The van der Waals surface area contributed by atoms with Crippen LogP contribution in [0, 0.1) is 0 Å². The van der Waals surface area contributed by atoms with E-state index in [-0.39, 0.29) is 11.5 Å². The molecule has 0 radical (unpaired) electrons. The first-order valence-electron chi connectivity index (χ1n) is 9.11. The molecule has 1 aliphatic heterocycles. The number of hydrogen-bond acceptors (Lipinski definition) is 7. The number of ether oxygens (including phenoxy) is 6. The Balaban J connectivity index is 1.87. The van der Waals surface area contributed by atoms with E-state index in [4.69, 9.17) is 28.4 Å². The lowest BCUT2D eigenvalue weighted by Gasteiger charge is -2.18. The van der Waals surface area contributed by atoms with Crippen LogP contribution in [0.5, 0.6) is 0 Å². The van der Waals surface area contributed by atoms with Crippen LogP contribution in [0.2, 0.25) is 0 Å². The molecule has 152 valence electrons. The Bertz CT molecular complexity index is 590. The summed E-state index contributed by atoms with van der Waals surface area (Å²) in [5.41, 5.74) is 1.33. The minimum Gasteiger partial charge on any atom is -0.377 e. The number of aromatic nitrogens is 1. The van der Waals surface area contributed by atoms with E-state index in [1.807, 2.05) is 0 Å². The zero-order valence-electron chi connectivity index (χ0n) is 15.7. The summed E-state index contributed by atoms with van der Waals surface area (Å²) in [6.45, 7) is 8.14. The predicted octanol–water partition coefficient (Wildman–Crippen LogP) is 1.04. The molecular weight excluding hydrogens is 354 g/mol. The van der Waals surface area contributed by atoms with Crippen molar-refractivity contribution in [1.29, 1.82) is 0 Å². The molecule has 0 saturated heterocycles. The maximum Gasteiger partial charge on any atom is 0.182 e. The van der Waals surface area contributed by atoms with Crippen LogP contribution in [0.15, 0.2) is 29.6 Å². The van der Waals surface area contributed by atoms with E-state index in [2.05, 4.69) is 11.6 Å². The summed E-state index contributed by atoms with van der Waals surface area (Å²) < 4.78 is 33.4. The zero-order valence-corrected chi connectivity index (χ0v) is 15.7. The number of nitrogens with one attached hydrogen (secondary N) is 1. The first-order chi connectivity index (χ1) is 13.3. The standard InChI is InChI=1S/C19H29NO7/c1-2-3-23-14-19-15-26-7-5-22-4-6-24-12-16-10-18(21)11-17(20-16)13-25-8-9-27-19/h2,10-11,19H,1,3-9,12-15H2,(H,20,21). The average Bonchev–Trinajstić information content (AvgIpc) is 2.65. The molecule has 0 spiro atoms. The molecule has 0 amide bonds. The van der Waals surface area contributed by atoms with Gasteiger partial charge in [0.15, 0.2) is 5.43 Å². The quantitative estimate of drug-likeness (QED) is 0.614. The van der Waals surface area contributed by atoms with Crippen molar-refractivity contribution in [1.82, 2.24) is 4.98 Å². The fraction of sp³-hybridized carbons (Fsp3) is 0.632. The van der Waals surface area contributed by atoms with Crippen molar-refractivity contribution in [2.75, 3.05) is 59.5 Å². The van der Waals surface area contributed by atoms with E-state index < -0.39 is 0 Å². The molecule has 1 aromatic rings. The van der Waals surface area contributed by atoms with E-state index >= 15 is 0 Å². The smallest absolute Gasteiger partial charge is 0.182 e. The summed E-state index contributed by atoms with van der Waals surface area (Å²) in [7, 11) is 0. The predicted molar refractivity (Wildman–Crippen MR) is 98.8 cm³/mol. The highest BCUT2D eigenvalue weighted by atomic mass is 16.6. The highest BCUT2D eigenvalue weighted by molar-refractivity contribution is 5.10. The molecule has 0 fully saturated rings. The second kappa shape index (κ2) is 13.6. The third-order valence-corrected chi connectivity index (χ3v) is 3.64. The molecule has 2 heterocycles. The van der Waals surface area contributed by atoms with Crippen LogP contribution in [0.3, 0.4) is 0 Å². The fourth-order valence-electron chi connectivity index (χ4n) is 2.44. The lowest BCUT2D eigenvalue weighted by Crippen LogP contribution is -2.28. The van der Waals surface area contributed by atoms with Gasteiger partial charge in [-0.25, -0.2) is 0 Å². The molecule has 1 atom stereocenters. The Morgan fingerprint density at radius 1 is 1.00 bits per heavy atom. The van der Waals surface area contributed by atoms with Crippen LogP contribution < -0.4 is 5.43 Å². The number of pyridine rings is 1. The van der Waals surface area contributed by atoms with Crippen LogP contribution in [0.4, 0.5) is 0 Å². The van der Waals surface area contributed by atoms with Gasteiger partial charge in [0.2, 0.25) is 0 Å². The van der Waals surface area contributed by atoms with Gasteiger partial charge in [-0.15, -0.1) is 6.58 Å². The van der Waals surface area contributed by atoms with E-state index in [0.717, 1.165) is 0 Å². The van der Waals surface area contributed by atoms with Gasteiger partial charge >= 0.3 is 0 Å². The minimum absolute atomic E-state index is 0.0792.